The minimum atomic E-state index is 0.285. The molecule has 0 aliphatic rings. The van der Waals surface area contributed by atoms with Gasteiger partial charge in [-0.25, -0.2) is 0 Å². The molecule has 0 aromatic heterocycles. The van der Waals surface area contributed by atoms with E-state index < -0.39 is 0 Å². The fraction of sp³-hybridized carbons (Fsp3) is 0.385. The highest BCUT2D eigenvalue weighted by molar-refractivity contribution is 9.09. The highest BCUT2D eigenvalue weighted by Crippen LogP contribution is 2.24. The first kappa shape index (κ1) is 11.3. The molecule has 0 nitrogen and oxygen atoms in total. The number of alkyl halides is 1. The van der Waals surface area contributed by atoms with Gasteiger partial charge in [0.15, 0.2) is 0 Å². The van der Waals surface area contributed by atoms with E-state index >= 15 is 0 Å². The molecule has 0 saturated heterocycles. The van der Waals surface area contributed by atoms with Gasteiger partial charge in [0.25, 0.3) is 0 Å². The largest absolute Gasteiger partial charge is 0.115 e. The van der Waals surface area contributed by atoms with Gasteiger partial charge in [0.05, 0.1) is 0 Å². The van der Waals surface area contributed by atoms with Crippen molar-refractivity contribution < 1.29 is 0 Å². The van der Waals surface area contributed by atoms with Crippen LogP contribution >= 0.6 is 15.9 Å². The third kappa shape index (κ3) is 3.20. The Labute approximate surface area is 94.9 Å². The van der Waals surface area contributed by atoms with Gasteiger partial charge in [-0.15, -0.1) is 6.42 Å². The van der Waals surface area contributed by atoms with Gasteiger partial charge in [0, 0.05) is 10.9 Å². The second-order valence-corrected chi connectivity index (χ2v) is 4.88. The second kappa shape index (κ2) is 4.66. The van der Waals surface area contributed by atoms with Crippen LogP contribution in [0, 0.1) is 17.8 Å². The lowest BCUT2D eigenvalue weighted by molar-refractivity contribution is 0.425. The maximum Gasteiger partial charge on any atom is 0.0245 e. The smallest absolute Gasteiger partial charge is 0.0245 e. The van der Waals surface area contributed by atoms with Crippen LogP contribution in [0.4, 0.5) is 0 Å². The van der Waals surface area contributed by atoms with Gasteiger partial charge in [-0.05, 0) is 29.5 Å². The molecule has 0 heterocycles. The lowest BCUT2D eigenvalue weighted by Crippen LogP contribution is -2.16. The number of hydrogen-bond acceptors (Lipinski definition) is 0. The van der Waals surface area contributed by atoms with Crippen LogP contribution < -0.4 is 0 Å². The number of halogens is 1. The molecule has 0 radical (unpaired) electrons. The molecule has 0 unspecified atom stereocenters. The Balaban J connectivity index is 2.83. The predicted octanol–water partition coefficient (Wildman–Crippen LogP) is 3.63. The first-order chi connectivity index (χ1) is 6.57. The molecule has 0 N–H and O–H groups in total. The number of terminal acetylenes is 1. The Hall–Kier alpha value is -0.740. The Morgan fingerprint density at radius 3 is 2.71 bits per heavy atom. The SMILES string of the molecule is C#Cc1cccc(CC(C)(C)CBr)c1. The van der Waals surface area contributed by atoms with E-state index in [0.29, 0.717) is 0 Å². The summed E-state index contributed by atoms with van der Waals surface area (Å²) < 4.78 is 0. The van der Waals surface area contributed by atoms with Crippen molar-refractivity contribution in [1.29, 1.82) is 0 Å². The molecule has 1 heteroatoms. The van der Waals surface area contributed by atoms with Crippen molar-refractivity contribution in [3.8, 4) is 12.3 Å². The van der Waals surface area contributed by atoms with Crippen LogP contribution in [0.2, 0.25) is 0 Å². The van der Waals surface area contributed by atoms with Gasteiger partial charge in [-0.1, -0.05) is 47.8 Å². The number of hydrogen-bond donors (Lipinski definition) is 0. The Morgan fingerprint density at radius 2 is 2.14 bits per heavy atom. The van der Waals surface area contributed by atoms with Crippen molar-refractivity contribution in [3.63, 3.8) is 0 Å². The van der Waals surface area contributed by atoms with E-state index in [1.54, 1.807) is 0 Å². The molecule has 0 atom stereocenters. The van der Waals surface area contributed by atoms with Crippen molar-refractivity contribution in [3.05, 3.63) is 35.4 Å². The van der Waals surface area contributed by atoms with E-state index in [9.17, 15) is 0 Å². The van der Waals surface area contributed by atoms with Gasteiger partial charge in [-0.3, -0.25) is 0 Å². The molecule has 0 fully saturated rings. The Kier molecular flexibility index (Phi) is 3.77. The van der Waals surface area contributed by atoms with E-state index in [4.69, 9.17) is 6.42 Å². The van der Waals surface area contributed by atoms with Gasteiger partial charge >= 0.3 is 0 Å². The highest BCUT2D eigenvalue weighted by Gasteiger charge is 2.16. The fourth-order valence-electron chi connectivity index (χ4n) is 1.37. The maximum absolute atomic E-state index is 5.36. The van der Waals surface area contributed by atoms with Gasteiger partial charge < -0.3 is 0 Å². The third-order valence-corrected chi connectivity index (χ3v) is 3.66. The molecule has 74 valence electrons. The van der Waals surface area contributed by atoms with Crippen molar-refractivity contribution in [2.75, 3.05) is 5.33 Å². The number of benzene rings is 1. The van der Waals surface area contributed by atoms with Crippen LogP contribution in [0.15, 0.2) is 24.3 Å². The summed E-state index contributed by atoms with van der Waals surface area (Å²) in [6.07, 6.45) is 6.41. The van der Waals surface area contributed by atoms with Crippen molar-refractivity contribution in [1.82, 2.24) is 0 Å². The second-order valence-electron chi connectivity index (χ2n) is 4.32. The summed E-state index contributed by atoms with van der Waals surface area (Å²) in [5, 5.41) is 1.00. The fourth-order valence-corrected chi connectivity index (χ4v) is 1.57. The summed E-state index contributed by atoms with van der Waals surface area (Å²) in [7, 11) is 0. The molecule has 1 rings (SSSR count). The van der Waals surface area contributed by atoms with Gasteiger partial charge in [0.2, 0.25) is 0 Å². The van der Waals surface area contributed by atoms with E-state index in [2.05, 4.69) is 47.8 Å². The summed E-state index contributed by atoms with van der Waals surface area (Å²) in [4.78, 5) is 0. The van der Waals surface area contributed by atoms with Crippen molar-refractivity contribution >= 4 is 15.9 Å². The monoisotopic (exact) mass is 250 g/mol. The zero-order valence-electron chi connectivity index (χ0n) is 8.68. The normalized spacial score (nSPS) is 11.0. The molecule has 14 heavy (non-hydrogen) atoms. The zero-order valence-corrected chi connectivity index (χ0v) is 10.3. The van der Waals surface area contributed by atoms with Crippen LogP contribution in [-0.4, -0.2) is 5.33 Å². The Morgan fingerprint density at radius 1 is 1.43 bits per heavy atom. The predicted molar refractivity (Wildman–Crippen MR) is 65.7 cm³/mol. The highest BCUT2D eigenvalue weighted by atomic mass is 79.9. The van der Waals surface area contributed by atoms with Crippen LogP contribution in [0.5, 0.6) is 0 Å². The van der Waals surface area contributed by atoms with E-state index in [-0.39, 0.29) is 5.41 Å². The van der Waals surface area contributed by atoms with Crippen molar-refractivity contribution in [2.45, 2.75) is 20.3 Å². The van der Waals surface area contributed by atoms with Crippen LogP contribution in [0.1, 0.15) is 25.0 Å². The molecule has 1 aromatic carbocycles. The zero-order chi connectivity index (χ0) is 10.6. The lowest BCUT2D eigenvalue weighted by Gasteiger charge is -2.21. The van der Waals surface area contributed by atoms with E-state index in [1.165, 1.54) is 5.56 Å². The maximum atomic E-state index is 5.36. The summed E-state index contributed by atoms with van der Waals surface area (Å²) in [6.45, 7) is 4.48. The minimum absolute atomic E-state index is 0.285. The molecular weight excluding hydrogens is 236 g/mol. The molecule has 0 bridgehead atoms. The molecule has 0 aliphatic heterocycles. The summed E-state index contributed by atoms with van der Waals surface area (Å²) >= 11 is 3.52. The van der Waals surface area contributed by atoms with Crippen LogP contribution in [0.3, 0.4) is 0 Å². The molecule has 0 saturated carbocycles. The molecule has 1 aromatic rings. The average Bonchev–Trinajstić information content (AvgIpc) is 2.17. The minimum Gasteiger partial charge on any atom is -0.115 e. The summed E-state index contributed by atoms with van der Waals surface area (Å²) in [6, 6.07) is 8.20. The van der Waals surface area contributed by atoms with Gasteiger partial charge in [-0.2, -0.15) is 0 Å². The first-order valence-electron chi connectivity index (χ1n) is 4.69. The first-order valence-corrected chi connectivity index (χ1v) is 5.81. The van der Waals surface area contributed by atoms with E-state index in [1.807, 2.05) is 12.1 Å². The van der Waals surface area contributed by atoms with Gasteiger partial charge in [0.1, 0.15) is 0 Å². The molecule has 0 spiro atoms. The lowest BCUT2D eigenvalue weighted by atomic mass is 9.88. The topological polar surface area (TPSA) is 0 Å². The summed E-state index contributed by atoms with van der Waals surface area (Å²) in [5.41, 5.74) is 2.56. The van der Waals surface area contributed by atoms with E-state index in [0.717, 1.165) is 17.3 Å². The average molecular weight is 251 g/mol. The number of rotatable bonds is 3. The van der Waals surface area contributed by atoms with Crippen molar-refractivity contribution in [2.24, 2.45) is 5.41 Å². The molecular formula is C13H15Br. The van der Waals surface area contributed by atoms with Crippen LogP contribution in [0.25, 0.3) is 0 Å². The third-order valence-electron chi connectivity index (χ3n) is 2.14. The standard InChI is InChI=1S/C13H15Br/c1-4-11-6-5-7-12(8-11)9-13(2,3)10-14/h1,5-8H,9-10H2,2-3H3. The summed E-state index contributed by atoms with van der Waals surface area (Å²) in [5.74, 6) is 2.66. The molecule has 0 aliphatic carbocycles. The quantitative estimate of drug-likeness (QED) is 0.568. The van der Waals surface area contributed by atoms with Crippen LogP contribution in [-0.2, 0) is 6.42 Å². The Bertz CT molecular complexity index is 344. The molecule has 0 amide bonds.